The van der Waals surface area contributed by atoms with Gasteiger partial charge in [-0.05, 0) is 47.0 Å². The Hall–Kier alpha value is -3.03. The first kappa shape index (κ1) is 16.8. The van der Waals surface area contributed by atoms with E-state index in [1.54, 1.807) is 0 Å². The molecule has 0 bridgehead atoms. The zero-order chi connectivity index (χ0) is 18.2. The zero-order valence-corrected chi connectivity index (χ0v) is 12.5. The monoisotopic (exact) mass is 350 g/mol. The number of rotatable bonds is 3. The van der Waals surface area contributed by atoms with Crippen LogP contribution in [-0.4, -0.2) is 4.98 Å². The molecule has 0 atom stereocenters. The molecule has 1 heterocycles. The number of hydrogen-bond donors (Lipinski definition) is 1. The molecule has 2 aromatic carbocycles. The fraction of sp³-hybridized carbons (Fsp3) is 0.118. The maximum absolute atomic E-state index is 13.7. The highest BCUT2D eigenvalue weighted by Crippen LogP contribution is 2.35. The Balaban J connectivity index is 2.24. The van der Waals surface area contributed by atoms with E-state index in [1.807, 2.05) is 0 Å². The topological polar surface area (TPSA) is 62.3 Å². The summed E-state index contributed by atoms with van der Waals surface area (Å²) in [5.41, 5.74) is -0.981. The van der Waals surface area contributed by atoms with Gasteiger partial charge in [-0.1, -0.05) is 11.2 Å². The van der Waals surface area contributed by atoms with Gasteiger partial charge in [0, 0.05) is 17.0 Å². The van der Waals surface area contributed by atoms with Crippen LogP contribution >= 0.6 is 0 Å². The van der Waals surface area contributed by atoms with Gasteiger partial charge in [0.05, 0.1) is 5.56 Å². The smallest absolute Gasteiger partial charge is 0.322 e. The molecule has 0 aliphatic rings. The van der Waals surface area contributed by atoms with E-state index in [1.165, 1.54) is 24.3 Å². The standard InChI is InChI=1S/C17H10F4N2O2/c18-12-4-9(8-22-25)3-11(5-12)10-1-2-15-13(6-10)14(17(19,20)21)7-16(24)23-15/h1-7H,8H2,(H,23,24). The number of hydrogen-bond acceptors (Lipinski definition) is 3. The summed E-state index contributed by atoms with van der Waals surface area (Å²) in [5.74, 6) is -0.631. The third kappa shape index (κ3) is 3.42. The maximum Gasteiger partial charge on any atom is 0.417 e. The summed E-state index contributed by atoms with van der Waals surface area (Å²) in [6, 6.07) is 8.25. The molecule has 0 saturated carbocycles. The molecule has 0 aliphatic heterocycles. The molecule has 25 heavy (non-hydrogen) atoms. The highest BCUT2D eigenvalue weighted by molar-refractivity contribution is 5.87. The van der Waals surface area contributed by atoms with Crippen molar-refractivity contribution in [1.29, 1.82) is 0 Å². The Kier molecular flexibility index (Phi) is 4.12. The van der Waals surface area contributed by atoms with Crippen molar-refractivity contribution in [3.05, 3.63) is 74.7 Å². The summed E-state index contributed by atoms with van der Waals surface area (Å²) in [6.45, 7) is -0.251. The molecule has 0 radical (unpaired) electrons. The van der Waals surface area contributed by atoms with Crippen LogP contribution in [0.2, 0.25) is 0 Å². The van der Waals surface area contributed by atoms with E-state index >= 15 is 0 Å². The van der Waals surface area contributed by atoms with Gasteiger partial charge in [-0.3, -0.25) is 4.79 Å². The van der Waals surface area contributed by atoms with Gasteiger partial charge in [-0.25, -0.2) is 4.39 Å². The minimum Gasteiger partial charge on any atom is -0.322 e. The van der Waals surface area contributed by atoms with Crippen LogP contribution in [0.25, 0.3) is 22.0 Å². The predicted molar refractivity (Wildman–Crippen MR) is 84.5 cm³/mol. The van der Waals surface area contributed by atoms with Gasteiger partial charge < -0.3 is 4.98 Å². The van der Waals surface area contributed by atoms with Crippen molar-refractivity contribution in [3.63, 3.8) is 0 Å². The van der Waals surface area contributed by atoms with Crippen molar-refractivity contribution < 1.29 is 17.6 Å². The number of nitrogens with one attached hydrogen (secondary N) is 1. The number of alkyl halides is 3. The zero-order valence-electron chi connectivity index (χ0n) is 12.5. The van der Waals surface area contributed by atoms with E-state index in [0.29, 0.717) is 22.8 Å². The largest absolute Gasteiger partial charge is 0.417 e. The summed E-state index contributed by atoms with van der Waals surface area (Å²) in [5, 5.41) is 2.48. The number of pyridine rings is 1. The number of nitrogens with zero attached hydrogens (tertiary/aromatic N) is 1. The van der Waals surface area contributed by atoms with Gasteiger partial charge in [0.2, 0.25) is 5.56 Å². The first-order valence-corrected chi connectivity index (χ1v) is 7.11. The molecule has 3 aromatic rings. The van der Waals surface area contributed by atoms with Crippen molar-refractivity contribution in [2.24, 2.45) is 5.18 Å². The number of H-pyrrole nitrogens is 1. The minimum absolute atomic E-state index is 0.0229. The van der Waals surface area contributed by atoms with Gasteiger partial charge in [0.25, 0.3) is 0 Å². The second-order valence-electron chi connectivity index (χ2n) is 5.44. The molecule has 0 fully saturated rings. The number of benzene rings is 2. The first-order chi connectivity index (χ1) is 11.8. The summed E-state index contributed by atoms with van der Waals surface area (Å²) in [4.78, 5) is 24.1. The van der Waals surface area contributed by atoms with Gasteiger partial charge in [0.1, 0.15) is 12.4 Å². The summed E-state index contributed by atoms with van der Waals surface area (Å²) >= 11 is 0. The van der Waals surface area contributed by atoms with Crippen LogP contribution in [-0.2, 0) is 12.7 Å². The number of aromatic nitrogens is 1. The quantitative estimate of drug-likeness (QED) is 0.553. The van der Waals surface area contributed by atoms with Gasteiger partial charge >= 0.3 is 6.18 Å². The van der Waals surface area contributed by atoms with E-state index in [-0.39, 0.29) is 17.4 Å². The lowest BCUT2D eigenvalue weighted by molar-refractivity contribution is -0.136. The summed E-state index contributed by atoms with van der Waals surface area (Å²) in [6.07, 6.45) is -4.71. The summed E-state index contributed by atoms with van der Waals surface area (Å²) in [7, 11) is 0. The van der Waals surface area contributed by atoms with E-state index in [4.69, 9.17) is 0 Å². The highest BCUT2D eigenvalue weighted by Gasteiger charge is 2.33. The third-order valence-electron chi connectivity index (χ3n) is 3.69. The molecule has 4 nitrogen and oxygen atoms in total. The van der Waals surface area contributed by atoms with E-state index in [9.17, 15) is 27.3 Å². The lowest BCUT2D eigenvalue weighted by Gasteiger charge is -2.12. The summed E-state index contributed by atoms with van der Waals surface area (Å²) < 4.78 is 53.3. The minimum atomic E-state index is -4.71. The third-order valence-corrected chi connectivity index (χ3v) is 3.69. The fourth-order valence-electron chi connectivity index (χ4n) is 2.65. The highest BCUT2D eigenvalue weighted by atomic mass is 19.4. The van der Waals surface area contributed by atoms with Gasteiger partial charge in [-0.2, -0.15) is 18.1 Å². The van der Waals surface area contributed by atoms with Crippen LogP contribution in [0.5, 0.6) is 0 Å². The van der Waals surface area contributed by atoms with Gasteiger partial charge in [0.15, 0.2) is 0 Å². The Morgan fingerprint density at radius 2 is 1.76 bits per heavy atom. The molecular weight excluding hydrogens is 340 g/mol. The SMILES string of the molecule is O=NCc1cc(F)cc(-c2ccc3[nH]c(=O)cc(C(F)(F)F)c3c2)c1. The molecule has 0 saturated heterocycles. The van der Waals surface area contributed by atoms with Crippen molar-refractivity contribution >= 4 is 10.9 Å². The normalized spacial score (nSPS) is 11.7. The molecular formula is C17H10F4N2O2. The van der Waals surface area contributed by atoms with Crippen molar-refractivity contribution in [2.75, 3.05) is 0 Å². The number of halogens is 4. The van der Waals surface area contributed by atoms with Crippen molar-refractivity contribution in [1.82, 2.24) is 4.98 Å². The predicted octanol–water partition coefficient (Wildman–Crippen LogP) is 4.62. The van der Waals surface area contributed by atoms with Crippen LogP contribution < -0.4 is 5.56 Å². The Morgan fingerprint density at radius 3 is 2.44 bits per heavy atom. The average molecular weight is 350 g/mol. The molecule has 8 heteroatoms. The number of nitroso groups, excluding NO2 is 1. The molecule has 0 aliphatic carbocycles. The molecule has 3 rings (SSSR count). The average Bonchev–Trinajstić information content (AvgIpc) is 2.52. The second-order valence-corrected chi connectivity index (χ2v) is 5.44. The van der Waals surface area contributed by atoms with E-state index < -0.39 is 23.1 Å². The molecule has 128 valence electrons. The maximum atomic E-state index is 13.7. The number of aromatic amines is 1. The molecule has 0 amide bonds. The van der Waals surface area contributed by atoms with Crippen LogP contribution in [0.1, 0.15) is 11.1 Å². The van der Waals surface area contributed by atoms with Crippen LogP contribution in [0.4, 0.5) is 17.6 Å². The van der Waals surface area contributed by atoms with Crippen LogP contribution in [0, 0.1) is 10.7 Å². The molecule has 0 unspecified atom stereocenters. The molecule has 1 aromatic heterocycles. The Bertz CT molecular complexity index is 1030. The number of fused-ring (bicyclic) bond motifs is 1. The lowest BCUT2D eigenvalue weighted by atomic mass is 9.99. The van der Waals surface area contributed by atoms with Crippen LogP contribution in [0.3, 0.4) is 0 Å². The second kappa shape index (κ2) is 6.12. The van der Waals surface area contributed by atoms with Gasteiger partial charge in [-0.15, -0.1) is 0 Å². The molecule has 0 spiro atoms. The Morgan fingerprint density at radius 1 is 1.00 bits per heavy atom. The van der Waals surface area contributed by atoms with Crippen LogP contribution in [0.15, 0.2) is 52.4 Å². The Labute approximate surface area is 138 Å². The molecule has 1 N–H and O–H groups in total. The first-order valence-electron chi connectivity index (χ1n) is 7.11. The van der Waals surface area contributed by atoms with E-state index in [0.717, 1.165) is 12.1 Å². The van der Waals surface area contributed by atoms with E-state index in [2.05, 4.69) is 10.2 Å². The fourth-order valence-corrected chi connectivity index (χ4v) is 2.65. The van der Waals surface area contributed by atoms with Crippen molar-refractivity contribution in [3.8, 4) is 11.1 Å². The lowest BCUT2D eigenvalue weighted by Crippen LogP contribution is -2.13. The van der Waals surface area contributed by atoms with Crippen molar-refractivity contribution in [2.45, 2.75) is 12.7 Å².